The Balaban J connectivity index is 1.45. The van der Waals surface area contributed by atoms with Gasteiger partial charge in [0.2, 0.25) is 0 Å². The summed E-state index contributed by atoms with van der Waals surface area (Å²) < 4.78 is 3.40. The largest absolute Gasteiger partial charge is 0.391 e. The number of oxime groups is 1. The van der Waals surface area contributed by atoms with E-state index in [0.29, 0.717) is 28.5 Å². The molecule has 8 heteroatoms. The summed E-state index contributed by atoms with van der Waals surface area (Å²) in [6, 6.07) is 32.0. The van der Waals surface area contributed by atoms with Crippen LogP contribution in [0.4, 0.5) is 0 Å². The lowest BCUT2D eigenvalue weighted by molar-refractivity contribution is 0.117. The molecule has 43 heavy (non-hydrogen) atoms. The molecule has 0 saturated carbocycles. The summed E-state index contributed by atoms with van der Waals surface area (Å²) in [5.74, 6) is 0. The summed E-state index contributed by atoms with van der Waals surface area (Å²) in [7, 11) is 3.59. The summed E-state index contributed by atoms with van der Waals surface area (Å²) in [5.41, 5.74) is 4.34. The molecule has 4 aromatic carbocycles. The highest BCUT2D eigenvalue weighted by molar-refractivity contribution is 6.30. The molecular weight excluding hydrogens is 560 g/mol. The smallest absolute Gasteiger partial charge is 0.251 e. The van der Waals surface area contributed by atoms with Crippen LogP contribution >= 0.6 is 11.6 Å². The SMILES string of the molecule is Cn1cncc1C(O)(c1ccc(Cl)cc1)c1ccc2c(c1)c(-c1cccc(C=NOCc3ccccc3)c1)cc(=O)n2C. The van der Waals surface area contributed by atoms with Crippen molar-refractivity contribution in [3.63, 3.8) is 0 Å². The second kappa shape index (κ2) is 11.7. The number of aryl methyl sites for hydroxylation is 2. The van der Waals surface area contributed by atoms with Gasteiger partial charge in [-0.05, 0) is 63.7 Å². The van der Waals surface area contributed by atoms with Crippen LogP contribution in [0, 0.1) is 0 Å². The van der Waals surface area contributed by atoms with E-state index in [4.69, 9.17) is 16.4 Å². The molecule has 0 bridgehead atoms. The molecule has 214 valence electrons. The molecule has 0 aliphatic rings. The molecule has 1 unspecified atom stereocenters. The first kappa shape index (κ1) is 28.2. The lowest BCUT2D eigenvalue weighted by Gasteiger charge is -2.30. The number of imidazole rings is 1. The fraction of sp³-hybridized carbons (Fsp3) is 0.114. The molecule has 0 fully saturated rings. The number of aromatic nitrogens is 3. The van der Waals surface area contributed by atoms with E-state index in [1.54, 1.807) is 53.1 Å². The van der Waals surface area contributed by atoms with E-state index in [0.717, 1.165) is 33.2 Å². The molecule has 0 spiro atoms. The number of rotatable bonds is 8. The maximum Gasteiger partial charge on any atom is 0.251 e. The molecule has 0 radical (unpaired) electrons. The van der Waals surface area contributed by atoms with Gasteiger partial charge in [0.05, 0.1) is 29.9 Å². The summed E-state index contributed by atoms with van der Waals surface area (Å²) in [5, 5.41) is 18.0. The number of halogens is 1. The minimum absolute atomic E-state index is 0.139. The summed E-state index contributed by atoms with van der Waals surface area (Å²) >= 11 is 6.20. The minimum atomic E-state index is -1.54. The van der Waals surface area contributed by atoms with Gasteiger partial charge in [0, 0.05) is 30.6 Å². The number of aliphatic hydroxyl groups is 1. The Morgan fingerprint density at radius 1 is 0.930 bits per heavy atom. The van der Waals surface area contributed by atoms with E-state index in [2.05, 4.69) is 10.1 Å². The van der Waals surface area contributed by atoms with Crippen LogP contribution in [0.5, 0.6) is 0 Å². The van der Waals surface area contributed by atoms with Crippen LogP contribution in [0.25, 0.3) is 22.0 Å². The number of pyridine rings is 1. The average Bonchev–Trinajstić information content (AvgIpc) is 3.47. The van der Waals surface area contributed by atoms with Gasteiger partial charge < -0.3 is 19.1 Å². The highest BCUT2D eigenvalue weighted by atomic mass is 35.5. The number of hydrogen-bond donors (Lipinski definition) is 1. The fourth-order valence-corrected chi connectivity index (χ4v) is 5.48. The van der Waals surface area contributed by atoms with Gasteiger partial charge in [-0.2, -0.15) is 0 Å². The molecule has 0 aliphatic heterocycles. The van der Waals surface area contributed by atoms with Gasteiger partial charge in [0.25, 0.3) is 5.56 Å². The van der Waals surface area contributed by atoms with Crippen molar-refractivity contribution in [3.05, 3.63) is 159 Å². The molecule has 0 saturated heterocycles. The van der Waals surface area contributed by atoms with Crippen LogP contribution in [0.2, 0.25) is 5.02 Å². The van der Waals surface area contributed by atoms with E-state index in [9.17, 15) is 9.90 Å². The lowest BCUT2D eigenvalue weighted by atomic mass is 9.82. The lowest BCUT2D eigenvalue weighted by Crippen LogP contribution is -2.31. The highest BCUT2D eigenvalue weighted by Crippen LogP contribution is 2.39. The molecule has 1 N–H and O–H groups in total. The van der Waals surface area contributed by atoms with Crippen LogP contribution in [0.15, 0.2) is 126 Å². The van der Waals surface area contributed by atoms with E-state index >= 15 is 0 Å². The van der Waals surface area contributed by atoms with Crippen molar-refractivity contribution in [2.24, 2.45) is 19.3 Å². The first-order chi connectivity index (χ1) is 20.8. The molecule has 2 heterocycles. The maximum absolute atomic E-state index is 13.1. The zero-order valence-electron chi connectivity index (χ0n) is 23.7. The van der Waals surface area contributed by atoms with Crippen molar-refractivity contribution in [3.8, 4) is 11.1 Å². The first-order valence-electron chi connectivity index (χ1n) is 13.7. The summed E-state index contributed by atoms with van der Waals surface area (Å²) in [4.78, 5) is 22.8. The maximum atomic E-state index is 13.1. The molecule has 0 aliphatic carbocycles. The third-order valence-electron chi connectivity index (χ3n) is 7.66. The van der Waals surface area contributed by atoms with Crippen molar-refractivity contribution >= 4 is 28.7 Å². The Morgan fingerprint density at radius 2 is 1.70 bits per heavy atom. The van der Waals surface area contributed by atoms with E-state index < -0.39 is 5.60 Å². The second-order valence-corrected chi connectivity index (χ2v) is 10.8. The van der Waals surface area contributed by atoms with Crippen molar-refractivity contribution in [2.45, 2.75) is 12.2 Å². The molecule has 6 aromatic rings. The zero-order chi connectivity index (χ0) is 30.0. The van der Waals surface area contributed by atoms with Gasteiger partial charge >= 0.3 is 0 Å². The van der Waals surface area contributed by atoms with Gasteiger partial charge in [-0.3, -0.25) is 4.79 Å². The van der Waals surface area contributed by atoms with Crippen LogP contribution in [0.3, 0.4) is 0 Å². The Kier molecular flexibility index (Phi) is 7.67. The predicted octanol–water partition coefficient (Wildman–Crippen LogP) is 6.43. The normalized spacial score (nSPS) is 12.9. The molecule has 1 atom stereocenters. The van der Waals surface area contributed by atoms with Crippen LogP contribution < -0.4 is 5.56 Å². The Labute approximate surface area is 253 Å². The summed E-state index contributed by atoms with van der Waals surface area (Å²) in [6.45, 7) is 0.367. The monoisotopic (exact) mass is 588 g/mol. The van der Waals surface area contributed by atoms with Gasteiger partial charge in [-0.1, -0.05) is 83.5 Å². The number of benzene rings is 4. The number of nitrogens with zero attached hydrogens (tertiary/aromatic N) is 4. The van der Waals surface area contributed by atoms with E-state index in [1.165, 1.54) is 0 Å². The molecular formula is C35H29ClN4O3. The first-order valence-corrected chi connectivity index (χ1v) is 14.1. The van der Waals surface area contributed by atoms with Gasteiger partial charge in [-0.25, -0.2) is 4.98 Å². The quantitative estimate of drug-likeness (QED) is 0.164. The van der Waals surface area contributed by atoms with Crippen molar-refractivity contribution in [1.29, 1.82) is 0 Å². The molecule has 0 amide bonds. The van der Waals surface area contributed by atoms with Crippen molar-refractivity contribution in [1.82, 2.24) is 14.1 Å². The third kappa shape index (κ3) is 5.48. The molecule has 6 rings (SSSR count). The minimum Gasteiger partial charge on any atom is -0.391 e. The number of fused-ring (bicyclic) bond motifs is 1. The standard InChI is InChI=1S/C35H29ClN4O3/c1-39-23-37-21-33(39)35(42,27-11-14-29(36)15-12-27)28-13-16-32-31(18-28)30(19-34(41)40(32)2)26-10-6-9-25(17-26)20-38-43-22-24-7-4-3-5-8-24/h3-21,23,42H,22H2,1-2H3. The van der Waals surface area contributed by atoms with Crippen molar-refractivity contribution in [2.75, 3.05) is 0 Å². The van der Waals surface area contributed by atoms with Crippen LogP contribution in [0.1, 0.15) is 27.9 Å². The highest BCUT2D eigenvalue weighted by Gasteiger charge is 2.37. The Morgan fingerprint density at radius 3 is 2.44 bits per heavy atom. The third-order valence-corrected chi connectivity index (χ3v) is 7.91. The van der Waals surface area contributed by atoms with Gasteiger partial charge in [0.1, 0.15) is 6.61 Å². The van der Waals surface area contributed by atoms with Crippen molar-refractivity contribution < 1.29 is 9.94 Å². The van der Waals surface area contributed by atoms with E-state index in [1.807, 2.05) is 92.0 Å². The average molecular weight is 589 g/mol. The fourth-order valence-electron chi connectivity index (χ4n) is 5.35. The van der Waals surface area contributed by atoms with Crippen LogP contribution in [-0.2, 0) is 31.1 Å². The summed E-state index contributed by atoms with van der Waals surface area (Å²) in [6.07, 6.45) is 4.97. The second-order valence-electron chi connectivity index (χ2n) is 10.4. The Bertz CT molecular complexity index is 2000. The number of hydrogen-bond acceptors (Lipinski definition) is 5. The Hall–Kier alpha value is -4.98. The van der Waals surface area contributed by atoms with Crippen LogP contribution in [-0.4, -0.2) is 25.4 Å². The predicted molar refractivity (Wildman–Crippen MR) is 170 cm³/mol. The van der Waals surface area contributed by atoms with E-state index in [-0.39, 0.29) is 5.56 Å². The van der Waals surface area contributed by atoms with Gasteiger partial charge in [-0.15, -0.1) is 0 Å². The molecule has 2 aromatic heterocycles. The molecule has 7 nitrogen and oxygen atoms in total. The van der Waals surface area contributed by atoms with Gasteiger partial charge in [0.15, 0.2) is 5.60 Å². The zero-order valence-corrected chi connectivity index (χ0v) is 24.4. The topological polar surface area (TPSA) is 81.6 Å².